The first kappa shape index (κ1) is 18.9. The first-order chi connectivity index (χ1) is 14.0. The van der Waals surface area contributed by atoms with Crippen molar-refractivity contribution in [3.63, 3.8) is 0 Å². The smallest absolute Gasteiger partial charge is 0.256 e. The lowest BCUT2D eigenvalue weighted by molar-refractivity contribution is 0.0675. The molecule has 1 aromatic carbocycles. The molecule has 0 aliphatic carbocycles. The number of furan rings is 1. The van der Waals surface area contributed by atoms with Crippen molar-refractivity contribution >= 4 is 16.9 Å². The van der Waals surface area contributed by atoms with Gasteiger partial charge >= 0.3 is 0 Å². The van der Waals surface area contributed by atoms with Gasteiger partial charge in [0.25, 0.3) is 5.91 Å². The average molecular weight is 388 g/mol. The van der Waals surface area contributed by atoms with Crippen LogP contribution in [0.3, 0.4) is 0 Å². The highest BCUT2D eigenvalue weighted by Gasteiger charge is 2.21. The van der Waals surface area contributed by atoms with E-state index in [2.05, 4.69) is 22.2 Å². The predicted octanol–water partition coefficient (Wildman–Crippen LogP) is 4.43. The molecule has 4 rings (SSSR count). The summed E-state index contributed by atoms with van der Waals surface area (Å²) >= 11 is 0. The summed E-state index contributed by atoms with van der Waals surface area (Å²) in [6.45, 7) is 6.96. The molecular weight excluding hydrogens is 364 g/mol. The maximum atomic E-state index is 13.2. The van der Waals surface area contributed by atoms with Crippen molar-refractivity contribution in [3.05, 3.63) is 83.6 Å². The molecule has 4 aromatic rings. The highest BCUT2D eigenvalue weighted by atomic mass is 16.3. The molecule has 0 atom stereocenters. The third kappa shape index (κ3) is 4.06. The normalized spacial score (nSPS) is 11.3. The summed E-state index contributed by atoms with van der Waals surface area (Å²) in [4.78, 5) is 19.5. The number of aryl methyl sites for hydroxylation is 1. The maximum Gasteiger partial charge on any atom is 0.256 e. The zero-order chi connectivity index (χ0) is 20.4. The molecule has 0 radical (unpaired) electrons. The molecule has 0 saturated carbocycles. The molecule has 6 nitrogen and oxygen atoms in total. The van der Waals surface area contributed by atoms with Crippen LogP contribution in [-0.4, -0.2) is 31.6 Å². The third-order valence-corrected chi connectivity index (χ3v) is 4.90. The quantitative estimate of drug-likeness (QED) is 0.490. The van der Waals surface area contributed by atoms with Gasteiger partial charge in [0.1, 0.15) is 11.5 Å². The molecule has 0 fully saturated rings. The van der Waals surface area contributed by atoms with E-state index in [0.717, 1.165) is 28.1 Å². The van der Waals surface area contributed by atoms with Crippen molar-refractivity contribution in [2.24, 2.45) is 0 Å². The number of hydrogen-bond donors (Lipinski definition) is 0. The maximum absolute atomic E-state index is 13.2. The van der Waals surface area contributed by atoms with Gasteiger partial charge in [-0.05, 0) is 44.5 Å². The molecule has 0 aliphatic heterocycles. The number of benzene rings is 1. The number of rotatable bonds is 6. The van der Waals surface area contributed by atoms with Crippen LogP contribution in [0.1, 0.15) is 41.3 Å². The molecule has 0 spiro atoms. The van der Waals surface area contributed by atoms with Gasteiger partial charge in [-0.1, -0.05) is 30.3 Å². The largest absolute Gasteiger partial charge is 0.464 e. The molecule has 148 valence electrons. The number of carbonyl (C=O) groups excluding carboxylic acids is 1. The number of nitrogens with zero attached hydrogens (tertiary/aromatic N) is 4. The molecule has 0 unspecified atom stereocenters. The number of amides is 1. The van der Waals surface area contributed by atoms with Crippen molar-refractivity contribution in [2.45, 2.75) is 39.9 Å². The molecular formula is C23H24N4O2. The van der Waals surface area contributed by atoms with Crippen LogP contribution in [0.25, 0.3) is 11.0 Å². The Morgan fingerprint density at radius 3 is 2.62 bits per heavy atom. The van der Waals surface area contributed by atoms with Gasteiger partial charge in [0, 0.05) is 17.6 Å². The minimum Gasteiger partial charge on any atom is -0.464 e. The Bertz CT molecular complexity index is 1130. The van der Waals surface area contributed by atoms with E-state index in [1.807, 2.05) is 61.9 Å². The van der Waals surface area contributed by atoms with Gasteiger partial charge in [0.15, 0.2) is 5.65 Å². The van der Waals surface area contributed by atoms with Gasteiger partial charge in [0.2, 0.25) is 0 Å². The zero-order valence-corrected chi connectivity index (χ0v) is 16.9. The Balaban J connectivity index is 1.58. The minimum absolute atomic E-state index is 0.0319. The summed E-state index contributed by atoms with van der Waals surface area (Å²) in [7, 11) is 0. The second-order valence-electron chi connectivity index (χ2n) is 7.46. The fraction of sp³-hybridized carbons (Fsp3) is 0.261. The van der Waals surface area contributed by atoms with E-state index < -0.39 is 0 Å². The first-order valence-electron chi connectivity index (χ1n) is 9.73. The Kier molecular flexibility index (Phi) is 5.16. The summed E-state index contributed by atoms with van der Waals surface area (Å²) in [5.41, 5.74) is 2.47. The van der Waals surface area contributed by atoms with Crippen molar-refractivity contribution < 1.29 is 9.21 Å². The molecule has 29 heavy (non-hydrogen) atoms. The monoisotopic (exact) mass is 388 g/mol. The molecule has 0 bridgehead atoms. The summed E-state index contributed by atoms with van der Waals surface area (Å²) in [5, 5.41) is 5.31. The van der Waals surface area contributed by atoms with Gasteiger partial charge in [0.05, 0.1) is 24.8 Å². The van der Waals surface area contributed by atoms with Crippen molar-refractivity contribution in [3.8, 4) is 0 Å². The van der Waals surface area contributed by atoms with Crippen LogP contribution >= 0.6 is 0 Å². The fourth-order valence-electron chi connectivity index (χ4n) is 3.35. The van der Waals surface area contributed by atoms with E-state index in [0.29, 0.717) is 18.7 Å². The second kappa shape index (κ2) is 7.91. The predicted molar refractivity (Wildman–Crippen MR) is 112 cm³/mol. The topological polar surface area (TPSA) is 64.2 Å². The molecule has 3 heterocycles. The third-order valence-electron chi connectivity index (χ3n) is 4.90. The van der Waals surface area contributed by atoms with Crippen LogP contribution in [0.15, 0.2) is 65.3 Å². The summed E-state index contributed by atoms with van der Waals surface area (Å²) in [6.07, 6.45) is 3.40. The number of aromatic nitrogens is 3. The Labute approximate surface area is 169 Å². The van der Waals surface area contributed by atoms with Crippen LogP contribution in [0.4, 0.5) is 0 Å². The minimum atomic E-state index is -0.0701. The molecule has 0 aliphatic rings. The molecule has 1 amide bonds. The van der Waals surface area contributed by atoms with Gasteiger partial charge in [-0.3, -0.25) is 4.79 Å². The second-order valence-corrected chi connectivity index (χ2v) is 7.46. The molecule has 0 N–H and O–H groups in total. The summed E-state index contributed by atoms with van der Waals surface area (Å²) in [6, 6.07) is 15.8. The van der Waals surface area contributed by atoms with E-state index in [1.54, 1.807) is 17.3 Å². The standard InChI is InChI=1S/C23H24N4O2/c1-16(2)26(15-21-10-9-17(3)29-21)23(28)20-11-19-13-25-27(22(19)24-12-20)14-18-7-5-4-6-8-18/h4-13,16H,14-15H2,1-3H3. The van der Waals surface area contributed by atoms with Crippen molar-refractivity contribution in [2.75, 3.05) is 0 Å². The summed E-state index contributed by atoms with van der Waals surface area (Å²) in [5.74, 6) is 1.54. The van der Waals surface area contributed by atoms with Gasteiger partial charge in [-0.25, -0.2) is 9.67 Å². The van der Waals surface area contributed by atoms with E-state index in [1.165, 1.54) is 0 Å². The lowest BCUT2D eigenvalue weighted by Crippen LogP contribution is -2.36. The van der Waals surface area contributed by atoms with Crippen molar-refractivity contribution in [1.82, 2.24) is 19.7 Å². The highest BCUT2D eigenvalue weighted by molar-refractivity contribution is 5.97. The first-order valence-corrected chi connectivity index (χ1v) is 9.73. The highest BCUT2D eigenvalue weighted by Crippen LogP contribution is 2.19. The van der Waals surface area contributed by atoms with Gasteiger partial charge in [-0.2, -0.15) is 5.10 Å². The zero-order valence-electron chi connectivity index (χ0n) is 16.9. The van der Waals surface area contributed by atoms with Gasteiger partial charge < -0.3 is 9.32 Å². The van der Waals surface area contributed by atoms with E-state index >= 15 is 0 Å². The Morgan fingerprint density at radius 2 is 1.93 bits per heavy atom. The van der Waals surface area contributed by atoms with Crippen LogP contribution < -0.4 is 0 Å². The number of carbonyl (C=O) groups is 1. The van der Waals surface area contributed by atoms with Crippen LogP contribution in [0.2, 0.25) is 0 Å². The summed E-state index contributed by atoms with van der Waals surface area (Å²) < 4.78 is 7.51. The SMILES string of the molecule is Cc1ccc(CN(C(=O)c2cnc3c(cnn3Cc3ccccc3)c2)C(C)C)o1. The Morgan fingerprint density at radius 1 is 1.14 bits per heavy atom. The number of fused-ring (bicyclic) bond motifs is 1. The lowest BCUT2D eigenvalue weighted by Gasteiger charge is -2.25. The average Bonchev–Trinajstić information content (AvgIpc) is 3.32. The Hall–Kier alpha value is -3.41. The van der Waals surface area contributed by atoms with Gasteiger partial charge in [-0.15, -0.1) is 0 Å². The van der Waals surface area contributed by atoms with E-state index in [-0.39, 0.29) is 11.9 Å². The van der Waals surface area contributed by atoms with E-state index in [4.69, 9.17) is 4.42 Å². The molecule has 6 heteroatoms. The van der Waals surface area contributed by atoms with Crippen LogP contribution in [0, 0.1) is 6.92 Å². The lowest BCUT2D eigenvalue weighted by atomic mass is 10.2. The van der Waals surface area contributed by atoms with Crippen LogP contribution in [0.5, 0.6) is 0 Å². The van der Waals surface area contributed by atoms with E-state index in [9.17, 15) is 4.79 Å². The van der Waals surface area contributed by atoms with Crippen LogP contribution in [-0.2, 0) is 13.1 Å². The number of hydrogen-bond acceptors (Lipinski definition) is 4. The van der Waals surface area contributed by atoms with Crippen molar-refractivity contribution in [1.29, 1.82) is 0 Å². The molecule has 0 saturated heterocycles. The fourth-order valence-corrected chi connectivity index (χ4v) is 3.35. The molecule has 3 aromatic heterocycles. The number of pyridine rings is 1.